The Morgan fingerprint density at radius 2 is 1.95 bits per heavy atom. The van der Waals surface area contributed by atoms with Crippen molar-refractivity contribution in [3.05, 3.63) is 52.3 Å². The first kappa shape index (κ1) is 12.6. The second-order valence-electron chi connectivity index (χ2n) is 5.45. The first-order valence-corrected chi connectivity index (χ1v) is 6.22. The third-order valence-electron chi connectivity index (χ3n) is 3.37. The van der Waals surface area contributed by atoms with E-state index in [1.807, 2.05) is 0 Å². The molecule has 0 bridgehead atoms. The van der Waals surface area contributed by atoms with Crippen LogP contribution in [-0.2, 0) is 4.74 Å². The minimum absolute atomic E-state index is 0.0714. The molecular weight excluding hydrogens is 258 g/mol. The number of aryl methyl sites for hydroxylation is 1. The molecule has 5 nitrogen and oxygen atoms in total. The lowest BCUT2D eigenvalue weighted by Crippen LogP contribution is -2.35. The molecule has 0 amide bonds. The molecule has 1 N–H and O–H groups in total. The summed E-state index contributed by atoms with van der Waals surface area (Å²) in [6.45, 7) is 5.12. The summed E-state index contributed by atoms with van der Waals surface area (Å²) < 4.78 is 5.56. The van der Waals surface area contributed by atoms with Gasteiger partial charge in [-0.3, -0.25) is 14.6 Å². The average molecular weight is 271 g/mol. The third-order valence-corrected chi connectivity index (χ3v) is 3.37. The van der Waals surface area contributed by atoms with Gasteiger partial charge in [-0.1, -0.05) is 0 Å². The number of aromatic nitrogens is 1. The number of fused-ring (bicyclic) bond motifs is 1. The Hall–Kier alpha value is -2.43. The molecule has 0 saturated carbocycles. The van der Waals surface area contributed by atoms with Crippen LogP contribution in [0.2, 0.25) is 0 Å². The van der Waals surface area contributed by atoms with Gasteiger partial charge in [-0.15, -0.1) is 0 Å². The Morgan fingerprint density at radius 1 is 1.25 bits per heavy atom. The Morgan fingerprint density at radius 3 is 2.65 bits per heavy atom. The standard InChI is InChI=1S/C15H13NO4/c1-7-4-5-16-11-9(7)12(18)10-8(17)6-15(2,3)20-14(10)13(11)19/h4-6,17H,1-3H3. The number of ketones is 2. The number of carbonyl (C=O) groups is 2. The maximum Gasteiger partial charge on any atom is 0.247 e. The van der Waals surface area contributed by atoms with Crippen LogP contribution in [-0.4, -0.2) is 27.3 Å². The zero-order chi connectivity index (χ0) is 14.7. The zero-order valence-corrected chi connectivity index (χ0v) is 11.4. The monoisotopic (exact) mass is 271 g/mol. The highest BCUT2D eigenvalue weighted by molar-refractivity contribution is 6.27. The van der Waals surface area contributed by atoms with Crippen LogP contribution in [0.5, 0.6) is 0 Å². The summed E-state index contributed by atoms with van der Waals surface area (Å²) >= 11 is 0. The minimum Gasteiger partial charge on any atom is -0.507 e. The van der Waals surface area contributed by atoms with Crippen molar-refractivity contribution in [1.29, 1.82) is 0 Å². The van der Waals surface area contributed by atoms with Crippen LogP contribution < -0.4 is 0 Å². The van der Waals surface area contributed by atoms with E-state index in [-0.39, 0.29) is 28.3 Å². The van der Waals surface area contributed by atoms with Crippen molar-refractivity contribution in [2.24, 2.45) is 0 Å². The first-order valence-electron chi connectivity index (χ1n) is 6.22. The van der Waals surface area contributed by atoms with Gasteiger partial charge in [-0.25, -0.2) is 0 Å². The molecule has 0 spiro atoms. The molecule has 0 fully saturated rings. The number of Topliss-reactive ketones (excluding diaryl/α,β-unsaturated/α-hetero) is 2. The molecule has 0 radical (unpaired) electrons. The lowest BCUT2D eigenvalue weighted by molar-refractivity contribution is 0.0495. The lowest BCUT2D eigenvalue weighted by atomic mass is 9.85. The van der Waals surface area contributed by atoms with E-state index in [1.165, 1.54) is 12.3 Å². The average Bonchev–Trinajstić information content (AvgIpc) is 2.33. The molecule has 0 atom stereocenters. The van der Waals surface area contributed by atoms with Gasteiger partial charge < -0.3 is 9.84 Å². The summed E-state index contributed by atoms with van der Waals surface area (Å²) in [6, 6.07) is 1.66. The number of pyridine rings is 1. The van der Waals surface area contributed by atoms with E-state index in [0.717, 1.165) is 0 Å². The van der Waals surface area contributed by atoms with Crippen LogP contribution in [0.1, 0.15) is 40.3 Å². The van der Waals surface area contributed by atoms with Crippen molar-refractivity contribution in [1.82, 2.24) is 4.98 Å². The summed E-state index contributed by atoms with van der Waals surface area (Å²) in [5.74, 6) is -1.23. The summed E-state index contributed by atoms with van der Waals surface area (Å²) in [5.41, 5.74) is 0.0504. The zero-order valence-electron chi connectivity index (χ0n) is 11.4. The van der Waals surface area contributed by atoms with E-state index < -0.39 is 17.2 Å². The van der Waals surface area contributed by atoms with E-state index in [2.05, 4.69) is 4.98 Å². The summed E-state index contributed by atoms with van der Waals surface area (Å²) in [7, 11) is 0. The number of hydrogen-bond acceptors (Lipinski definition) is 5. The molecule has 0 aromatic carbocycles. The highest BCUT2D eigenvalue weighted by Crippen LogP contribution is 2.37. The molecule has 3 rings (SSSR count). The Balaban J connectivity index is 2.27. The van der Waals surface area contributed by atoms with Gasteiger partial charge in [0.1, 0.15) is 22.6 Å². The molecule has 102 valence electrons. The SMILES string of the molecule is Cc1ccnc2c1C(=O)C1=C(OC(C)(C)C=C1O)C2=O. The predicted molar refractivity (Wildman–Crippen MR) is 70.5 cm³/mol. The largest absolute Gasteiger partial charge is 0.507 e. The van der Waals surface area contributed by atoms with E-state index >= 15 is 0 Å². The Kier molecular flexibility index (Phi) is 2.38. The van der Waals surface area contributed by atoms with Gasteiger partial charge in [0.25, 0.3) is 0 Å². The van der Waals surface area contributed by atoms with Gasteiger partial charge in [0.05, 0.1) is 5.56 Å². The fraction of sp³-hybridized carbons (Fsp3) is 0.267. The van der Waals surface area contributed by atoms with Crippen LogP contribution in [0.4, 0.5) is 0 Å². The minimum atomic E-state index is -0.847. The van der Waals surface area contributed by atoms with Gasteiger partial charge in [-0.2, -0.15) is 0 Å². The smallest absolute Gasteiger partial charge is 0.247 e. The highest BCUT2D eigenvalue weighted by atomic mass is 16.5. The molecule has 20 heavy (non-hydrogen) atoms. The van der Waals surface area contributed by atoms with E-state index in [0.29, 0.717) is 5.56 Å². The number of aliphatic hydroxyl groups excluding tert-OH is 1. The molecule has 2 heterocycles. The van der Waals surface area contributed by atoms with Crippen molar-refractivity contribution in [2.75, 3.05) is 0 Å². The molecule has 0 unspecified atom stereocenters. The Bertz CT molecular complexity index is 725. The Labute approximate surface area is 115 Å². The normalized spacial score (nSPS) is 20.1. The lowest BCUT2D eigenvalue weighted by Gasteiger charge is -2.32. The maximum atomic E-state index is 12.5. The maximum absolute atomic E-state index is 12.5. The van der Waals surface area contributed by atoms with Crippen molar-refractivity contribution in [3.63, 3.8) is 0 Å². The number of ether oxygens (including phenoxy) is 1. The number of rotatable bonds is 0. The van der Waals surface area contributed by atoms with Crippen molar-refractivity contribution in [2.45, 2.75) is 26.4 Å². The number of aliphatic hydroxyl groups is 1. The van der Waals surface area contributed by atoms with Gasteiger partial charge in [0.15, 0.2) is 5.76 Å². The van der Waals surface area contributed by atoms with Gasteiger partial charge >= 0.3 is 0 Å². The molecule has 1 aliphatic heterocycles. The van der Waals surface area contributed by atoms with E-state index in [1.54, 1.807) is 26.8 Å². The van der Waals surface area contributed by atoms with Crippen LogP contribution in [0, 0.1) is 6.92 Å². The number of nitrogens with zero attached hydrogens (tertiary/aromatic N) is 1. The predicted octanol–water partition coefficient (Wildman–Crippen LogP) is 2.27. The first-order chi connectivity index (χ1) is 9.32. The molecule has 2 aliphatic rings. The molecule has 5 heteroatoms. The van der Waals surface area contributed by atoms with Gasteiger partial charge in [0, 0.05) is 12.3 Å². The molecular formula is C15H13NO4. The number of carbonyl (C=O) groups excluding carboxylic acids is 2. The van der Waals surface area contributed by atoms with Crippen LogP contribution in [0.25, 0.3) is 0 Å². The second kappa shape index (κ2) is 3.79. The van der Waals surface area contributed by atoms with Crippen LogP contribution in [0.3, 0.4) is 0 Å². The topological polar surface area (TPSA) is 76.5 Å². The fourth-order valence-electron chi connectivity index (χ4n) is 2.49. The summed E-state index contributed by atoms with van der Waals surface area (Å²) in [4.78, 5) is 28.9. The molecule has 0 saturated heterocycles. The molecule has 1 aliphatic carbocycles. The van der Waals surface area contributed by atoms with Crippen molar-refractivity contribution >= 4 is 11.6 Å². The number of hydrogen-bond donors (Lipinski definition) is 1. The third kappa shape index (κ3) is 1.59. The van der Waals surface area contributed by atoms with Gasteiger partial charge in [0.2, 0.25) is 11.6 Å². The van der Waals surface area contributed by atoms with E-state index in [9.17, 15) is 14.7 Å². The number of allylic oxidation sites excluding steroid dienone is 2. The highest BCUT2D eigenvalue weighted by Gasteiger charge is 2.42. The van der Waals surface area contributed by atoms with Crippen LogP contribution >= 0.6 is 0 Å². The summed E-state index contributed by atoms with van der Waals surface area (Å²) in [5, 5.41) is 10.1. The second-order valence-corrected chi connectivity index (χ2v) is 5.45. The fourth-order valence-corrected chi connectivity index (χ4v) is 2.49. The molecule has 1 aromatic heterocycles. The quantitative estimate of drug-likeness (QED) is 0.783. The van der Waals surface area contributed by atoms with Crippen molar-refractivity contribution in [3.8, 4) is 0 Å². The molecule has 1 aromatic rings. The summed E-state index contributed by atoms with van der Waals surface area (Å²) in [6.07, 6.45) is 2.91. The van der Waals surface area contributed by atoms with Crippen LogP contribution in [0.15, 0.2) is 35.4 Å². The van der Waals surface area contributed by atoms with Gasteiger partial charge in [-0.05, 0) is 32.4 Å². The van der Waals surface area contributed by atoms with E-state index in [4.69, 9.17) is 4.74 Å². The van der Waals surface area contributed by atoms with Crippen molar-refractivity contribution < 1.29 is 19.4 Å².